The molecule has 0 saturated carbocycles. The first-order chi connectivity index (χ1) is 19.6. The van der Waals surface area contributed by atoms with Crippen molar-refractivity contribution >= 4 is 11.8 Å². The van der Waals surface area contributed by atoms with Crippen LogP contribution in [0.4, 0.5) is 0 Å². The van der Waals surface area contributed by atoms with Crippen molar-refractivity contribution in [2.75, 3.05) is 53.1 Å². The minimum Gasteiger partial charge on any atom is -0.494 e. The Bertz CT molecular complexity index is 1290. The number of fused-ring (bicyclic) bond motifs is 12. The lowest BCUT2D eigenvalue weighted by molar-refractivity contribution is -0.134. The number of hydrogen-bond acceptors (Lipinski definition) is 9. The molecule has 12 nitrogen and oxygen atoms in total. The van der Waals surface area contributed by atoms with E-state index in [-0.39, 0.29) is 30.4 Å². The Kier molecular flexibility index (Phi) is 9.19. The van der Waals surface area contributed by atoms with Crippen LogP contribution in [0.15, 0.2) is 48.8 Å². The molecule has 2 aromatic heterocycles. The Morgan fingerprint density at radius 1 is 1.07 bits per heavy atom. The molecule has 1 saturated heterocycles. The molecule has 5 heterocycles. The van der Waals surface area contributed by atoms with Gasteiger partial charge in [0.05, 0.1) is 32.2 Å². The first-order valence-electron chi connectivity index (χ1n) is 13.6. The molecule has 3 aliphatic heterocycles. The molecular formula is C28H35N7O5. The zero-order valence-corrected chi connectivity index (χ0v) is 22.6. The fraction of sp³-hybridized carbons (Fsp3) is 0.464. The summed E-state index contributed by atoms with van der Waals surface area (Å²) >= 11 is 0. The summed E-state index contributed by atoms with van der Waals surface area (Å²) in [6.45, 7) is 4.08. The average Bonchev–Trinajstić information content (AvgIpc) is 3.46. The van der Waals surface area contributed by atoms with Gasteiger partial charge in [0.2, 0.25) is 11.8 Å². The molecule has 2 N–H and O–H groups in total. The van der Waals surface area contributed by atoms with E-state index in [1.54, 1.807) is 36.3 Å². The first-order valence-corrected chi connectivity index (χ1v) is 13.6. The SMILES string of the molecule is COc1ccccc1-n1cc(C[C@H]2NC(=O)c3cccnc3OCCOCCNCC3CCN(CC3)C2=O)nn1. The molecule has 0 aliphatic carbocycles. The van der Waals surface area contributed by atoms with Crippen molar-refractivity contribution < 1.29 is 23.8 Å². The number of nitrogens with one attached hydrogen (secondary N) is 2. The zero-order chi connectivity index (χ0) is 27.7. The summed E-state index contributed by atoms with van der Waals surface area (Å²) in [5.74, 6) is 0.730. The smallest absolute Gasteiger partial charge is 0.257 e. The van der Waals surface area contributed by atoms with Crippen LogP contribution in [-0.2, 0) is 16.0 Å². The van der Waals surface area contributed by atoms with E-state index < -0.39 is 11.9 Å². The van der Waals surface area contributed by atoms with E-state index in [1.807, 2.05) is 29.2 Å². The van der Waals surface area contributed by atoms with Gasteiger partial charge in [-0.15, -0.1) is 5.10 Å². The monoisotopic (exact) mass is 549 g/mol. The number of para-hydroxylation sites is 2. The third-order valence-corrected chi connectivity index (χ3v) is 7.15. The highest BCUT2D eigenvalue weighted by atomic mass is 16.5. The fourth-order valence-electron chi connectivity index (χ4n) is 4.98. The van der Waals surface area contributed by atoms with Crippen molar-refractivity contribution in [2.45, 2.75) is 25.3 Å². The zero-order valence-electron chi connectivity index (χ0n) is 22.6. The van der Waals surface area contributed by atoms with E-state index in [9.17, 15) is 9.59 Å². The maximum Gasteiger partial charge on any atom is 0.257 e. The third-order valence-electron chi connectivity index (χ3n) is 7.15. The minimum absolute atomic E-state index is 0.146. The molecule has 3 aliphatic rings. The highest BCUT2D eigenvalue weighted by Gasteiger charge is 2.31. The number of hydrogen-bond donors (Lipinski definition) is 2. The molecule has 2 bridgehead atoms. The van der Waals surface area contributed by atoms with Crippen molar-refractivity contribution in [3.05, 3.63) is 60.0 Å². The predicted octanol–water partition coefficient (Wildman–Crippen LogP) is 1.25. The van der Waals surface area contributed by atoms with Crippen LogP contribution in [0.2, 0.25) is 0 Å². The molecule has 1 aromatic carbocycles. The quantitative estimate of drug-likeness (QED) is 0.462. The maximum absolute atomic E-state index is 13.8. The van der Waals surface area contributed by atoms with Gasteiger partial charge in [-0.05, 0) is 49.6 Å². The van der Waals surface area contributed by atoms with E-state index in [0.29, 0.717) is 43.7 Å². The van der Waals surface area contributed by atoms with Crippen LogP contribution in [0.1, 0.15) is 28.9 Å². The van der Waals surface area contributed by atoms with Gasteiger partial charge < -0.3 is 29.7 Å². The molecule has 12 heteroatoms. The number of carbonyl (C=O) groups is 2. The molecule has 0 radical (unpaired) electrons. The van der Waals surface area contributed by atoms with Crippen molar-refractivity contribution in [2.24, 2.45) is 5.92 Å². The van der Waals surface area contributed by atoms with Crippen molar-refractivity contribution in [3.63, 3.8) is 0 Å². The van der Waals surface area contributed by atoms with E-state index in [4.69, 9.17) is 14.2 Å². The van der Waals surface area contributed by atoms with Crippen LogP contribution in [0.25, 0.3) is 5.69 Å². The van der Waals surface area contributed by atoms with Crippen LogP contribution >= 0.6 is 0 Å². The normalized spacial score (nSPS) is 21.1. The number of nitrogens with zero attached hydrogens (tertiary/aromatic N) is 5. The lowest BCUT2D eigenvalue weighted by Gasteiger charge is -2.34. The van der Waals surface area contributed by atoms with Gasteiger partial charge in [-0.25, -0.2) is 9.67 Å². The predicted molar refractivity (Wildman–Crippen MR) is 146 cm³/mol. The third kappa shape index (κ3) is 6.75. The number of carbonyl (C=O) groups excluding carboxylic acids is 2. The Morgan fingerprint density at radius 2 is 1.93 bits per heavy atom. The lowest BCUT2D eigenvalue weighted by Crippen LogP contribution is -2.52. The largest absolute Gasteiger partial charge is 0.494 e. The summed E-state index contributed by atoms with van der Waals surface area (Å²) < 4.78 is 18.5. The number of piperidine rings is 1. The summed E-state index contributed by atoms with van der Waals surface area (Å²) in [5, 5.41) is 14.9. The van der Waals surface area contributed by atoms with Crippen molar-refractivity contribution in [3.8, 4) is 17.3 Å². The van der Waals surface area contributed by atoms with Gasteiger partial charge in [-0.1, -0.05) is 17.3 Å². The molecular weight excluding hydrogens is 514 g/mol. The van der Waals surface area contributed by atoms with Gasteiger partial charge in [-0.2, -0.15) is 0 Å². The summed E-state index contributed by atoms with van der Waals surface area (Å²) in [5.41, 5.74) is 1.53. The van der Waals surface area contributed by atoms with Crippen LogP contribution in [-0.4, -0.2) is 95.8 Å². The molecule has 0 unspecified atom stereocenters. The number of aromatic nitrogens is 4. The summed E-state index contributed by atoms with van der Waals surface area (Å²) in [6, 6.07) is 9.91. The molecule has 212 valence electrons. The van der Waals surface area contributed by atoms with Crippen LogP contribution in [0.5, 0.6) is 11.6 Å². The number of amides is 2. The summed E-state index contributed by atoms with van der Waals surface area (Å²) in [6.07, 6.45) is 5.27. The molecule has 1 fully saturated rings. The van der Waals surface area contributed by atoms with Crippen LogP contribution in [0, 0.1) is 5.92 Å². The Labute approximate surface area is 233 Å². The number of methoxy groups -OCH3 is 1. The van der Waals surface area contributed by atoms with Crippen LogP contribution < -0.4 is 20.1 Å². The minimum atomic E-state index is -0.847. The van der Waals surface area contributed by atoms with E-state index >= 15 is 0 Å². The molecule has 2 amide bonds. The van der Waals surface area contributed by atoms with Gasteiger partial charge >= 0.3 is 0 Å². The fourth-order valence-corrected chi connectivity index (χ4v) is 4.98. The molecule has 3 aromatic rings. The van der Waals surface area contributed by atoms with Gasteiger partial charge in [0.25, 0.3) is 5.91 Å². The standard InChI is InChI=1S/C28H35N7O5/c1-38-25-7-3-2-6-24(25)35-19-21(32-33-35)17-23-28(37)34-12-8-20(9-13-34)18-29-11-14-39-15-16-40-27-22(26(36)31-23)5-4-10-30-27/h2-7,10,19-20,23,29H,8-9,11-18H2,1H3,(H,31,36)/t23-/m1/s1. The van der Waals surface area contributed by atoms with E-state index in [1.165, 1.54) is 0 Å². The van der Waals surface area contributed by atoms with Crippen LogP contribution in [0.3, 0.4) is 0 Å². The second-order valence-corrected chi connectivity index (χ2v) is 9.85. The topological polar surface area (TPSA) is 133 Å². The number of pyridine rings is 1. The second kappa shape index (κ2) is 13.4. The first kappa shape index (κ1) is 27.5. The van der Waals surface area contributed by atoms with E-state index in [0.717, 1.165) is 31.6 Å². The Morgan fingerprint density at radius 3 is 2.77 bits per heavy atom. The van der Waals surface area contributed by atoms with Gasteiger partial charge in [0, 0.05) is 32.3 Å². The highest BCUT2D eigenvalue weighted by molar-refractivity contribution is 5.99. The molecule has 40 heavy (non-hydrogen) atoms. The van der Waals surface area contributed by atoms with Crippen molar-refractivity contribution in [1.29, 1.82) is 0 Å². The second-order valence-electron chi connectivity index (χ2n) is 9.85. The number of ether oxygens (including phenoxy) is 3. The van der Waals surface area contributed by atoms with Gasteiger partial charge in [0.15, 0.2) is 0 Å². The Balaban J connectivity index is 1.39. The summed E-state index contributed by atoms with van der Waals surface area (Å²) in [4.78, 5) is 33.3. The van der Waals surface area contributed by atoms with Gasteiger partial charge in [0.1, 0.15) is 29.6 Å². The average molecular weight is 550 g/mol. The molecule has 0 spiro atoms. The Hall–Kier alpha value is -4.03. The molecule has 1 atom stereocenters. The van der Waals surface area contributed by atoms with Gasteiger partial charge in [-0.3, -0.25) is 9.59 Å². The number of benzene rings is 1. The maximum atomic E-state index is 13.8. The highest BCUT2D eigenvalue weighted by Crippen LogP contribution is 2.22. The molecule has 6 rings (SSSR count). The summed E-state index contributed by atoms with van der Waals surface area (Å²) in [7, 11) is 1.59. The number of rotatable bonds is 4. The van der Waals surface area contributed by atoms with Crippen molar-refractivity contribution in [1.82, 2.24) is 35.5 Å². The lowest BCUT2D eigenvalue weighted by atomic mass is 9.96. The van der Waals surface area contributed by atoms with E-state index in [2.05, 4.69) is 25.9 Å².